The molecule has 0 radical (unpaired) electrons. The van der Waals surface area contributed by atoms with E-state index < -0.39 is 0 Å². The van der Waals surface area contributed by atoms with Crippen LogP contribution in [0.15, 0.2) is 0 Å². The van der Waals surface area contributed by atoms with Gasteiger partial charge in [0.2, 0.25) is 5.91 Å². The van der Waals surface area contributed by atoms with Crippen LogP contribution in [0.1, 0.15) is 39.5 Å². The van der Waals surface area contributed by atoms with E-state index in [1.54, 1.807) is 0 Å². The molecule has 0 saturated carbocycles. The molecule has 0 aromatic carbocycles. The summed E-state index contributed by atoms with van der Waals surface area (Å²) in [5.41, 5.74) is 0.0470. The van der Waals surface area contributed by atoms with Crippen molar-refractivity contribution in [1.29, 1.82) is 0 Å². The minimum Gasteiger partial charge on any atom is -0.393 e. The molecule has 4 heteroatoms. The summed E-state index contributed by atoms with van der Waals surface area (Å²) in [7, 11) is 0. The zero-order chi connectivity index (χ0) is 12.5. The van der Waals surface area contributed by atoms with Crippen LogP contribution in [0.4, 0.5) is 0 Å². The Kier molecular flexibility index (Phi) is 3.73. The van der Waals surface area contributed by atoms with Crippen molar-refractivity contribution in [1.82, 2.24) is 10.2 Å². The van der Waals surface area contributed by atoms with Gasteiger partial charge in [0.05, 0.1) is 12.1 Å². The van der Waals surface area contributed by atoms with E-state index >= 15 is 0 Å². The third kappa shape index (κ3) is 2.80. The molecule has 0 aromatic heterocycles. The maximum absolute atomic E-state index is 12.5. The molecule has 0 aromatic rings. The second-order valence-electron chi connectivity index (χ2n) is 6.04. The number of nitrogens with one attached hydrogen (secondary N) is 1. The normalized spacial score (nSPS) is 30.3. The molecule has 2 aliphatic heterocycles. The van der Waals surface area contributed by atoms with E-state index in [1.165, 1.54) is 0 Å². The number of nitrogens with zero attached hydrogens (tertiary/aromatic N) is 1. The highest BCUT2D eigenvalue weighted by atomic mass is 16.3. The number of amides is 1. The number of hydrogen-bond donors (Lipinski definition) is 2. The number of rotatable bonds is 1. The van der Waals surface area contributed by atoms with Crippen molar-refractivity contribution in [3.63, 3.8) is 0 Å². The van der Waals surface area contributed by atoms with Crippen LogP contribution in [-0.4, -0.2) is 47.7 Å². The predicted octanol–water partition coefficient (Wildman–Crippen LogP) is 0.748. The van der Waals surface area contributed by atoms with Gasteiger partial charge in [-0.05, 0) is 37.6 Å². The number of aliphatic hydroxyl groups excluding tert-OH is 1. The van der Waals surface area contributed by atoms with Crippen molar-refractivity contribution >= 4 is 5.91 Å². The molecular weight excluding hydrogens is 216 g/mol. The molecule has 17 heavy (non-hydrogen) atoms. The standard InChI is InChI=1S/C13H24N2O2/c1-13(2)6-3-7-14-11(13)12(17)15-8-4-10(16)5-9-15/h10-11,14,16H,3-9H2,1-2H3. The molecule has 2 fully saturated rings. The summed E-state index contributed by atoms with van der Waals surface area (Å²) in [5, 5.41) is 12.8. The smallest absolute Gasteiger partial charge is 0.240 e. The van der Waals surface area contributed by atoms with Crippen molar-refractivity contribution in [3.05, 3.63) is 0 Å². The highest BCUT2D eigenvalue weighted by molar-refractivity contribution is 5.83. The van der Waals surface area contributed by atoms with Gasteiger partial charge >= 0.3 is 0 Å². The van der Waals surface area contributed by atoms with Gasteiger partial charge in [0.25, 0.3) is 0 Å². The molecule has 2 saturated heterocycles. The average molecular weight is 240 g/mol. The highest BCUT2D eigenvalue weighted by Crippen LogP contribution is 2.31. The van der Waals surface area contributed by atoms with Crippen molar-refractivity contribution < 1.29 is 9.90 Å². The van der Waals surface area contributed by atoms with Gasteiger partial charge in [-0.3, -0.25) is 4.79 Å². The van der Waals surface area contributed by atoms with Gasteiger partial charge in [0.15, 0.2) is 0 Å². The molecule has 0 bridgehead atoms. The summed E-state index contributed by atoms with van der Waals surface area (Å²) in [5.74, 6) is 0.224. The van der Waals surface area contributed by atoms with Crippen molar-refractivity contribution in [2.45, 2.75) is 51.7 Å². The fourth-order valence-corrected chi connectivity index (χ4v) is 2.90. The van der Waals surface area contributed by atoms with E-state index in [0.717, 1.165) is 32.2 Å². The third-order valence-corrected chi connectivity index (χ3v) is 4.15. The molecular formula is C13H24N2O2. The Bertz CT molecular complexity index is 283. The molecule has 98 valence electrons. The monoisotopic (exact) mass is 240 g/mol. The summed E-state index contributed by atoms with van der Waals surface area (Å²) < 4.78 is 0. The lowest BCUT2D eigenvalue weighted by Gasteiger charge is -2.42. The molecule has 2 N–H and O–H groups in total. The Labute approximate surface area is 103 Å². The molecule has 1 amide bonds. The Morgan fingerprint density at radius 2 is 2.00 bits per heavy atom. The summed E-state index contributed by atoms with van der Waals surface area (Å²) in [6, 6.07) is -0.0495. The van der Waals surface area contributed by atoms with Gasteiger partial charge in [-0.1, -0.05) is 13.8 Å². The Morgan fingerprint density at radius 3 is 2.59 bits per heavy atom. The molecule has 2 heterocycles. The fourth-order valence-electron chi connectivity index (χ4n) is 2.90. The Hall–Kier alpha value is -0.610. The molecule has 0 aliphatic carbocycles. The third-order valence-electron chi connectivity index (χ3n) is 4.15. The van der Waals surface area contributed by atoms with Crippen LogP contribution in [0.2, 0.25) is 0 Å². The zero-order valence-corrected chi connectivity index (χ0v) is 10.9. The minimum atomic E-state index is -0.216. The molecule has 2 aliphatic rings. The van der Waals surface area contributed by atoms with Crippen LogP contribution in [0.25, 0.3) is 0 Å². The number of carbonyl (C=O) groups is 1. The summed E-state index contributed by atoms with van der Waals surface area (Å²) in [4.78, 5) is 14.4. The SMILES string of the molecule is CC1(C)CCCNC1C(=O)N1CCC(O)CC1. The second-order valence-corrected chi connectivity index (χ2v) is 6.04. The average Bonchev–Trinajstić information content (AvgIpc) is 2.28. The molecule has 4 nitrogen and oxygen atoms in total. The van der Waals surface area contributed by atoms with Gasteiger partial charge in [-0.15, -0.1) is 0 Å². The first-order valence-corrected chi connectivity index (χ1v) is 6.71. The van der Waals surface area contributed by atoms with E-state index in [0.29, 0.717) is 13.1 Å². The highest BCUT2D eigenvalue weighted by Gasteiger charge is 2.39. The summed E-state index contributed by atoms with van der Waals surface area (Å²) in [6.45, 7) is 6.68. The van der Waals surface area contributed by atoms with E-state index in [4.69, 9.17) is 0 Å². The topological polar surface area (TPSA) is 52.6 Å². The van der Waals surface area contributed by atoms with Crippen LogP contribution in [0, 0.1) is 5.41 Å². The maximum Gasteiger partial charge on any atom is 0.240 e. The van der Waals surface area contributed by atoms with E-state index in [9.17, 15) is 9.90 Å². The van der Waals surface area contributed by atoms with Crippen LogP contribution < -0.4 is 5.32 Å². The number of piperidine rings is 2. The Balaban J connectivity index is 1.99. The first-order valence-electron chi connectivity index (χ1n) is 6.71. The molecule has 2 rings (SSSR count). The molecule has 1 unspecified atom stereocenters. The van der Waals surface area contributed by atoms with Crippen molar-refractivity contribution in [2.75, 3.05) is 19.6 Å². The number of aliphatic hydroxyl groups is 1. The lowest BCUT2D eigenvalue weighted by atomic mass is 9.77. The number of hydrogen-bond acceptors (Lipinski definition) is 3. The number of likely N-dealkylation sites (tertiary alicyclic amines) is 1. The lowest BCUT2D eigenvalue weighted by Crippen LogP contribution is -2.57. The second kappa shape index (κ2) is 4.94. The molecule has 1 atom stereocenters. The van der Waals surface area contributed by atoms with E-state index in [2.05, 4.69) is 19.2 Å². The van der Waals surface area contributed by atoms with Crippen LogP contribution in [0.3, 0.4) is 0 Å². The van der Waals surface area contributed by atoms with E-state index in [-0.39, 0.29) is 23.5 Å². The minimum absolute atomic E-state index is 0.0470. The van der Waals surface area contributed by atoms with Crippen molar-refractivity contribution in [3.8, 4) is 0 Å². The van der Waals surface area contributed by atoms with E-state index in [1.807, 2.05) is 4.90 Å². The van der Waals surface area contributed by atoms with Gasteiger partial charge in [-0.25, -0.2) is 0 Å². The summed E-state index contributed by atoms with van der Waals surface area (Å²) >= 11 is 0. The fraction of sp³-hybridized carbons (Fsp3) is 0.923. The zero-order valence-electron chi connectivity index (χ0n) is 10.9. The maximum atomic E-state index is 12.5. The van der Waals surface area contributed by atoms with Gasteiger partial charge < -0.3 is 15.3 Å². The van der Waals surface area contributed by atoms with Crippen LogP contribution in [0.5, 0.6) is 0 Å². The first kappa shape index (κ1) is 12.8. The largest absolute Gasteiger partial charge is 0.393 e. The van der Waals surface area contributed by atoms with Gasteiger partial charge in [0, 0.05) is 13.1 Å². The Morgan fingerprint density at radius 1 is 1.35 bits per heavy atom. The van der Waals surface area contributed by atoms with Gasteiger partial charge in [-0.2, -0.15) is 0 Å². The number of carbonyl (C=O) groups excluding carboxylic acids is 1. The lowest BCUT2D eigenvalue weighted by molar-refractivity contribution is -0.139. The van der Waals surface area contributed by atoms with Crippen molar-refractivity contribution in [2.24, 2.45) is 5.41 Å². The predicted molar refractivity (Wildman–Crippen MR) is 66.6 cm³/mol. The van der Waals surface area contributed by atoms with Gasteiger partial charge in [0.1, 0.15) is 0 Å². The van der Waals surface area contributed by atoms with Crippen LogP contribution in [-0.2, 0) is 4.79 Å². The first-order chi connectivity index (χ1) is 8.00. The van der Waals surface area contributed by atoms with Crippen LogP contribution >= 0.6 is 0 Å². The molecule has 0 spiro atoms. The quantitative estimate of drug-likeness (QED) is 0.711. The summed E-state index contributed by atoms with van der Waals surface area (Å²) in [6.07, 6.45) is 3.48.